The Balaban J connectivity index is 2.01. The van der Waals surface area contributed by atoms with Crippen molar-refractivity contribution in [3.8, 4) is 0 Å². The molecule has 1 aliphatic carbocycles. The van der Waals surface area contributed by atoms with Crippen LogP contribution in [0.2, 0.25) is 0 Å². The number of nitrogens with zero attached hydrogens (tertiary/aromatic N) is 1. The van der Waals surface area contributed by atoms with Gasteiger partial charge in [-0.15, -0.1) is 0 Å². The predicted octanol–water partition coefficient (Wildman–Crippen LogP) is -0.217. The molecule has 1 saturated heterocycles. The number of aliphatic hydroxyl groups is 1. The van der Waals surface area contributed by atoms with E-state index in [1.165, 1.54) is 0 Å². The standard InChI is InChI=1S/C12H20N2O5/c1-19-10-6-7(15)2-3-9(10)14-5-4-8(11(14)16)13-12(17)18/h7-10,13,15H,2-6H2,1H3,(H,17,18)/t7-,8-,9-,10+/m0/s1. The number of methoxy groups -OCH3 is 1. The molecule has 0 bridgehead atoms. The number of hydrogen-bond donors (Lipinski definition) is 3. The molecular weight excluding hydrogens is 252 g/mol. The van der Waals surface area contributed by atoms with Crippen LogP contribution >= 0.6 is 0 Å². The van der Waals surface area contributed by atoms with Crippen LogP contribution in [0.3, 0.4) is 0 Å². The first-order chi connectivity index (χ1) is 9.02. The predicted molar refractivity (Wildman–Crippen MR) is 65.7 cm³/mol. The van der Waals surface area contributed by atoms with Crippen LogP contribution in [0.15, 0.2) is 0 Å². The van der Waals surface area contributed by atoms with Gasteiger partial charge in [-0.05, 0) is 19.3 Å². The van der Waals surface area contributed by atoms with Crippen LogP contribution in [0.5, 0.6) is 0 Å². The number of amides is 2. The van der Waals surface area contributed by atoms with E-state index >= 15 is 0 Å². The highest BCUT2D eigenvalue weighted by atomic mass is 16.5. The molecule has 7 heteroatoms. The Hall–Kier alpha value is -1.34. The fraction of sp³-hybridized carbons (Fsp3) is 0.833. The quantitative estimate of drug-likeness (QED) is 0.660. The van der Waals surface area contributed by atoms with Gasteiger partial charge in [-0.1, -0.05) is 0 Å². The second kappa shape index (κ2) is 5.75. The van der Waals surface area contributed by atoms with Crippen LogP contribution < -0.4 is 5.32 Å². The highest BCUT2D eigenvalue weighted by Gasteiger charge is 2.42. The molecule has 0 radical (unpaired) electrons. The van der Waals surface area contributed by atoms with Gasteiger partial charge >= 0.3 is 6.09 Å². The molecule has 2 amide bonds. The van der Waals surface area contributed by atoms with Gasteiger partial charge < -0.3 is 25.2 Å². The lowest BCUT2D eigenvalue weighted by atomic mass is 9.89. The fourth-order valence-corrected chi connectivity index (χ4v) is 3.02. The molecule has 1 saturated carbocycles. The Morgan fingerprint density at radius 3 is 2.79 bits per heavy atom. The third kappa shape index (κ3) is 2.98. The highest BCUT2D eigenvalue weighted by molar-refractivity contribution is 5.87. The van der Waals surface area contributed by atoms with Crippen LogP contribution in [-0.2, 0) is 9.53 Å². The zero-order valence-corrected chi connectivity index (χ0v) is 10.9. The van der Waals surface area contributed by atoms with E-state index in [1.807, 2.05) is 0 Å². The molecule has 0 aromatic heterocycles. The van der Waals surface area contributed by atoms with Crippen LogP contribution in [0.4, 0.5) is 4.79 Å². The van der Waals surface area contributed by atoms with Crippen molar-refractivity contribution in [2.24, 2.45) is 0 Å². The summed E-state index contributed by atoms with van der Waals surface area (Å²) in [5.41, 5.74) is 0. The summed E-state index contributed by atoms with van der Waals surface area (Å²) in [6, 6.07) is -0.719. The van der Waals surface area contributed by atoms with E-state index in [0.717, 1.165) is 0 Å². The number of aliphatic hydroxyl groups excluding tert-OH is 1. The molecule has 0 unspecified atom stereocenters. The lowest BCUT2D eigenvalue weighted by molar-refractivity contribution is -0.136. The number of carboxylic acid groups (broad SMARTS) is 1. The van der Waals surface area contributed by atoms with Crippen LogP contribution in [0, 0.1) is 0 Å². The van der Waals surface area contributed by atoms with E-state index in [2.05, 4.69) is 5.32 Å². The van der Waals surface area contributed by atoms with Crippen LogP contribution in [0.25, 0.3) is 0 Å². The first-order valence-electron chi connectivity index (χ1n) is 6.53. The number of likely N-dealkylation sites (tertiary alicyclic amines) is 1. The third-order valence-electron chi connectivity index (χ3n) is 3.97. The molecule has 2 rings (SSSR count). The van der Waals surface area contributed by atoms with Crippen LogP contribution in [-0.4, -0.2) is 65.1 Å². The largest absolute Gasteiger partial charge is 0.465 e. The Labute approximate surface area is 111 Å². The molecule has 0 spiro atoms. The number of carbonyl (C=O) groups excluding carboxylic acids is 1. The zero-order valence-electron chi connectivity index (χ0n) is 10.9. The summed E-state index contributed by atoms with van der Waals surface area (Å²) in [7, 11) is 1.57. The summed E-state index contributed by atoms with van der Waals surface area (Å²) in [5, 5.41) is 20.6. The molecule has 0 aromatic rings. The summed E-state index contributed by atoms with van der Waals surface area (Å²) in [6.07, 6.45) is 0.588. The summed E-state index contributed by atoms with van der Waals surface area (Å²) >= 11 is 0. The normalized spacial score (nSPS) is 35.5. The first kappa shape index (κ1) is 14.1. The minimum absolute atomic E-state index is 0.0681. The molecule has 108 valence electrons. The summed E-state index contributed by atoms with van der Waals surface area (Å²) < 4.78 is 5.36. The second-order valence-corrected chi connectivity index (χ2v) is 5.13. The SMILES string of the molecule is CO[C@@H]1C[C@@H](O)CC[C@@H]1N1CC[C@H](NC(=O)O)C1=O. The molecule has 3 N–H and O–H groups in total. The average molecular weight is 272 g/mol. The van der Waals surface area contributed by atoms with E-state index in [-0.39, 0.29) is 24.2 Å². The Kier molecular flexibility index (Phi) is 4.26. The summed E-state index contributed by atoms with van der Waals surface area (Å²) in [4.78, 5) is 24.5. The van der Waals surface area contributed by atoms with Gasteiger partial charge in [-0.2, -0.15) is 0 Å². The zero-order chi connectivity index (χ0) is 14.0. The fourth-order valence-electron chi connectivity index (χ4n) is 3.02. The molecule has 19 heavy (non-hydrogen) atoms. The number of rotatable bonds is 3. The van der Waals surface area contributed by atoms with Crippen molar-refractivity contribution >= 4 is 12.0 Å². The number of hydrogen-bond acceptors (Lipinski definition) is 4. The van der Waals surface area contributed by atoms with Gasteiger partial charge in [0.2, 0.25) is 5.91 Å². The van der Waals surface area contributed by atoms with Gasteiger partial charge in [0.25, 0.3) is 0 Å². The maximum Gasteiger partial charge on any atom is 0.405 e. The molecule has 1 heterocycles. The first-order valence-corrected chi connectivity index (χ1v) is 6.53. The summed E-state index contributed by atoms with van der Waals surface area (Å²) in [6.45, 7) is 0.532. The smallest absolute Gasteiger partial charge is 0.405 e. The summed E-state index contributed by atoms with van der Waals surface area (Å²) in [5.74, 6) is -0.189. The van der Waals surface area contributed by atoms with Crippen molar-refractivity contribution in [2.45, 2.75) is 50.0 Å². The lowest BCUT2D eigenvalue weighted by Gasteiger charge is -2.38. The van der Waals surface area contributed by atoms with Gasteiger partial charge in [0.15, 0.2) is 0 Å². The van der Waals surface area contributed by atoms with Crippen molar-refractivity contribution in [2.75, 3.05) is 13.7 Å². The molecule has 1 aliphatic heterocycles. The van der Waals surface area contributed by atoms with Gasteiger partial charge in [0.05, 0.1) is 18.2 Å². The lowest BCUT2D eigenvalue weighted by Crippen LogP contribution is -2.51. The van der Waals surface area contributed by atoms with Crippen molar-refractivity contribution in [1.29, 1.82) is 0 Å². The monoisotopic (exact) mass is 272 g/mol. The molecule has 4 atom stereocenters. The van der Waals surface area contributed by atoms with Crippen LogP contribution in [0.1, 0.15) is 25.7 Å². The minimum atomic E-state index is -1.18. The van der Waals surface area contributed by atoms with E-state index in [4.69, 9.17) is 9.84 Å². The number of carbonyl (C=O) groups is 2. The van der Waals surface area contributed by atoms with E-state index < -0.39 is 12.1 Å². The Bertz CT molecular complexity index is 362. The van der Waals surface area contributed by atoms with E-state index in [1.54, 1.807) is 12.0 Å². The second-order valence-electron chi connectivity index (χ2n) is 5.13. The van der Waals surface area contributed by atoms with Crippen molar-refractivity contribution in [3.05, 3.63) is 0 Å². The van der Waals surface area contributed by atoms with Gasteiger partial charge in [-0.25, -0.2) is 4.79 Å². The molecule has 2 fully saturated rings. The average Bonchev–Trinajstić information content (AvgIpc) is 2.70. The number of ether oxygens (including phenoxy) is 1. The minimum Gasteiger partial charge on any atom is -0.465 e. The van der Waals surface area contributed by atoms with E-state index in [0.29, 0.717) is 32.2 Å². The maximum absolute atomic E-state index is 12.2. The Morgan fingerprint density at radius 1 is 1.42 bits per heavy atom. The van der Waals surface area contributed by atoms with Gasteiger partial charge in [0.1, 0.15) is 6.04 Å². The third-order valence-corrected chi connectivity index (χ3v) is 3.97. The molecule has 7 nitrogen and oxygen atoms in total. The number of nitrogens with one attached hydrogen (secondary N) is 1. The van der Waals surface area contributed by atoms with Crippen molar-refractivity contribution in [1.82, 2.24) is 10.2 Å². The van der Waals surface area contributed by atoms with Crippen molar-refractivity contribution < 1.29 is 24.5 Å². The maximum atomic E-state index is 12.2. The topological polar surface area (TPSA) is 99.1 Å². The van der Waals surface area contributed by atoms with Crippen molar-refractivity contribution in [3.63, 3.8) is 0 Å². The molecular formula is C12H20N2O5. The van der Waals surface area contributed by atoms with Gasteiger partial charge in [0, 0.05) is 20.1 Å². The Morgan fingerprint density at radius 2 is 2.16 bits per heavy atom. The molecule has 2 aliphatic rings. The molecule has 0 aromatic carbocycles. The van der Waals surface area contributed by atoms with Gasteiger partial charge in [-0.3, -0.25) is 4.79 Å². The highest BCUT2D eigenvalue weighted by Crippen LogP contribution is 2.28. The van der Waals surface area contributed by atoms with E-state index in [9.17, 15) is 14.7 Å².